The van der Waals surface area contributed by atoms with Gasteiger partial charge in [-0.2, -0.15) is 0 Å². The standard InChI is InChI=1S/C52H40N2O2.2BrH.Ni/c55-29-27-35-31-44(37-15-5-1-6-16-37)49(45(32-35)38-17-7-2-8-18-38)53-51-42-25-13-23-41-24-14-26-43(48(41)42)52(51)54-50-46(39-19-9-3-10-20-39)33-36(28-30-56)34-47(50)40-21-11-4-12-22-40;;;/h1-26,31-34,55-56H,27-30H2;2*1H;/q;;;+2/p-2. The van der Waals surface area contributed by atoms with Crippen LogP contribution in [0.1, 0.15) is 22.3 Å². The van der Waals surface area contributed by atoms with Crippen molar-refractivity contribution in [3.63, 3.8) is 0 Å². The number of benzene rings is 8. The van der Waals surface area contributed by atoms with Crippen LogP contribution in [0.25, 0.3) is 55.3 Å². The van der Waals surface area contributed by atoms with E-state index in [4.69, 9.17) is 9.98 Å². The molecule has 0 spiro atoms. The Labute approximate surface area is 365 Å². The minimum absolute atomic E-state index is 0.0506. The zero-order chi connectivity index (χ0) is 40.6. The topological polar surface area (TPSA) is 65.2 Å². The molecule has 0 fully saturated rings. The molecule has 8 aromatic rings. The molecule has 4 nitrogen and oxygen atoms in total. The van der Waals surface area contributed by atoms with Gasteiger partial charge in [-0.1, -0.05) is 158 Å². The number of aliphatic imine (C=N–C) groups is 2. The molecular formula is C52H40Br2N2NiO2. The normalized spacial score (nSPS) is 13.2. The van der Waals surface area contributed by atoms with Crippen LogP contribution in [0.3, 0.4) is 0 Å². The summed E-state index contributed by atoms with van der Waals surface area (Å²) in [6.45, 7) is 0.101. The third kappa shape index (κ3) is 8.72. The predicted octanol–water partition coefficient (Wildman–Crippen LogP) is 13.5. The molecule has 0 amide bonds. The summed E-state index contributed by atoms with van der Waals surface area (Å²) in [6.07, 6.45) is 1.07. The van der Waals surface area contributed by atoms with E-state index in [1.54, 1.807) is 0 Å². The van der Waals surface area contributed by atoms with Crippen molar-refractivity contribution in [3.8, 4) is 44.5 Å². The first kappa shape index (κ1) is 40.5. The summed E-state index contributed by atoms with van der Waals surface area (Å²) in [7, 11) is 1.25. The molecule has 0 saturated heterocycles. The third-order valence-corrected chi connectivity index (χ3v) is 10.6. The van der Waals surface area contributed by atoms with Crippen molar-refractivity contribution in [2.75, 3.05) is 13.2 Å². The molecule has 8 aromatic carbocycles. The second kappa shape index (κ2) is 19.2. The van der Waals surface area contributed by atoms with Crippen molar-refractivity contribution in [1.29, 1.82) is 0 Å². The van der Waals surface area contributed by atoms with Gasteiger partial charge in [0.1, 0.15) is 0 Å². The van der Waals surface area contributed by atoms with Gasteiger partial charge in [-0.15, -0.1) is 0 Å². The fourth-order valence-electron chi connectivity index (χ4n) is 7.97. The number of aliphatic hydroxyl groups excluding tert-OH is 2. The molecule has 0 radical (unpaired) electrons. The van der Waals surface area contributed by atoms with E-state index in [1.165, 1.54) is 10.9 Å². The fourth-order valence-corrected chi connectivity index (χ4v) is 7.97. The van der Waals surface area contributed by atoms with Crippen molar-refractivity contribution in [1.82, 2.24) is 0 Å². The van der Waals surface area contributed by atoms with E-state index in [9.17, 15) is 10.2 Å². The Hall–Kier alpha value is -5.27. The summed E-state index contributed by atoms with van der Waals surface area (Å²) in [5, 5.41) is 22.5. The first-order valence-electron chi connectivity index (χ1n) is 19.4. The van der Waals surface area contributed by atoms with E-state index >= 15 is 0 Å². The first-order valence-corrected chi connectivity index (χ1v) is 24.3. The van der Waals surface area contributed by atoms with E-state index in [0.717, 1.165) is 100 Å². The Morgan fingerprint density at radius 1 is 0.390 bits per heavy atom. The first-order chi connectivity index (χ1) is 29.1. The summed E-state index contributed by atoms with van der Waals surface area (Å²) >= 11 is 6.00. The van der Waals surface area contributed by atoms with Gasteiger partial charge in [-0.25, -0.2) is 9.98 Å². The van der Waals surface area contributed by atoms with Crippen molar-refractivity contribution < 1.29 is 21.1 Å². The van der Waals surface area contributed by atoms with Crippen LogP contribution in [0, 0.1) is 0 Å². The van der Waals surface area contributed by atoms with Crippen molar-refractivity contribution in [2.24, 2.45) is 9.98 Å². The van der Waals surface area contributed by atoms with Gasteiger partial charge in [0.25, 0.3) is 0 Å². The van der Waals surface area contributed by atoms with Crippen LogP contribution in [-0.2, 0) is 23.7 Å². The van der Waals surface area contributed by atoms with Gasteiger partial charge in [-0.05, 0) is 75.9 Å². The van der Waals surface area contributed by atoms with Crippen LogP contribution in [0.2, 0.25) is 0 Å². The number of halogens is 2. The van der Waals surface area contributed by atoms with Crippen LogP contribution < -0.4 is 0 Å². The summed E-state index contributed by atoms with van der Waals surface area (Å²) in [6, 6.07) is 63.2. The predicted molar refractivity (Wildman–Crippen MR) is 250 cm³/mol. The maximum absolute atomic E-state index is 10.1. The van der Waals surface area contributed by atoms with Crippen LogP contribution in [-0.4, -0.2) is 34.9 Å². The molecule has 294 valence electrons. The number of hydrogen-bond acceptors (Lipinski definition) is 4. The SMILES string of the molecule is OCCc1cc(-c2ccccc2)c(N=C2C(=Nc3c(-c4ccccc4)cc(CCO)cc3-c3ccccc3)c3cccc4cccc2c34)c(-c2ccccc2)c1.[Br][Ni][Br]. The number of nitrogens with zero attached hydrogens (tertiary/aromatic N) is 2. The zero-order valence-corrected chi connectivity index (χ0v) is 36.2. The molecule has 0 heterocycles. The molecule has 0 saturated carbocycles. The molecule has 7 heteroatoms. The molecule has 59 heavy (non-hydrogen) atoms. The molecule has 0 aromatic heterocycles. The molecular weight excluding hydrogens is 903 g/mol. The Balaban J connectivity index is 0.00000157. The van der Waals surface area contributed by atoms with Gasteiger partial charge in [0, 0.05) is 52.0 Å². The van der Waals surface area contributed by atoms with E-state index in [-0.39, 0.29) is 13.2 Å². The van der Waals surface area contributed by atoms with Gasteiger partial charge in [0.15, 0.2) is 0 Å². The van der Waals surface area contributed by atoms with E-state index in [2.05, 4.69) is 186 Å². The molecule has 9 rings (SSSR count). The van der Waals surface area contributed by atoms with Crippen LogP contribution in [0.5, 0.6) is 0 Å². The van der Waals surface area contributed by atoms with Crippen molar-refractivity contribution in [3.05, 3.63) is 204 Å². The Morgan fingerprint density at radius 3 is 0.983 bits per heavy atom. The maximum atomic E-state index is 10.1. The number of hydrogen-bond donors (Lipinski definition) is 2. The third-order valence-electron chi connectivity index (χ3n) is 10.6. The molecule has 2 N–H and O–H groups in total. The van der Waals surface area contributed by atoms with E-state index in [0.29, 0.717) is 12.8 Å². The van der Waals surface area contributed by atoms with Gasteiger partial charge in [0.05, 0.1) is 22.8 Å². The number of rotatable bonds is 10. The summed E-state index contributed by atoms with van der Waals surface area (Å²) in [5.74, 6) is 0. The Bertz CT molecular complexity index is 2470. The average Bonchev–Trinajstić information content (AvgIpc) is 3.58. The van der Waals surface area contributed by atoms with Gasteiger partial charge in [0.2, 0.25) is 0 Å². The summed E-state index contributed by atoms with van der Waals surface area (Å²) in [5.41, 5.74) is 15.6. The fraction of sp³-hybridized carbons (Fsp3) is 0.0769. The summed E-state index contributed by atoms with van der Waals surface area (Å²) < 4.78 is 0. The average molecular weight is 943 g/mol. The molecule has 0 atom stereocenters. The number of aliphatic hydroxyl groups is 2. The van der Waals surface area contributed by atoms with Gasteiger partial charge >= 0.3 is 39.3 Å². The molecule has 0 bridgehead atoms. The van der Waals surface area contributed by atoms with Crippen LogP contribution in [0.4, 0.5) is 11.4 Å². The summed E-state index contributed by atoms with van der Waals surface area (Å²) in [4.78, 5) is 11.5. The van der Waals surface area contributed by atoms with Crippen molar-refractivity contribution in [2.45, 2.75) is 12.8 Å². The van der Waals surface area contributed by atoms with Crippen molar-refractivity contribution >= 4 is 62.0 Å². The second-order valence-electron chi connectivity index (χ2n) is 14.2. The van der Waals surface area contributed by atoms with Crippen LogP contribution >= 0.6 is 28.5 Å². The van der Waals surface area contributed by atoms with Gasteiger partial charge < -0.3 is 10.2 Å². The molecule has 1 aliphatic carbocycles. The quantitative estimate of drug-likeness (QED) is 0.134. The Kier molecular flexibility index (Phi) is 13.2. The molecule has 0 aliphatic heterocycles. The van der Waals surface area contributed by atoms with Gasteiger partial charge in [-0.3, -0.25) is 0 Å². The molecule has 0 unspecified atom stereocenters. The monoisotopic (exact) mass is 940 g/mol. The second-order valence-corrected chi connectivity index (χ2v) is 19.1. The van der Waals surface area contributed by atoms with Crippen LogP contribution in [0.15, 0.2) is 192 Å². The molecule has 1 aliphatic rings. The zero-order valence-electron chi connectivity index (χ0n) is 32.0. The van der Waals surface area contributed by atoms with E-state index in [1.807, 2.05) is 24.3 Å². The van der Waals surface area contributed by atoms with E-state index < -0.39 is 0 Å². The Morgan fingerprint density at radius 2 is 0.695 bits per heavy atom. The minimum atomic E-state index is 0.0506.